The highest BCUT2D eigenvalue weighted by Crippen LogP contribution is 2.20. The summed E-state index contributed by atoms with van der Waals surface area (Å²) in [6, 6.07) is 6.68. The Balaban J connectivity index is 2.15. The highest BCUT2D eigenvalue weighted by molar-refractivity contribution is 8.14. The number of benzene rings is 1. The summed E-state index contributed by atoms with van der Waals surface area (Å²) in [6.45, 7) is 0. The molecule has 0 N–H and O–H groups in total. The molecular formula is C9H7ClN4OS. The van der Waals surface area contributed by atoms with Crippen LogP contribution in [0.4, 0.5) is 0 Å². The van der Waals surface area contributed by atoms with Crippen molar-refractivity contribution in [1.29, 1.82) is 0 Å². The van der Waals surface area contributed by atoms with Gasteiger partial charge in [0, 0.05) is 17.6 Å². The zero-order chi connectivity index (χ0) is 11.5. The van der Waals surface area contributed by atoms with Crippen molar-refractivity contribution in [3.05, 3.63) is 34.9 Å². The molecular weight excluding hydrogens is 248 g/mol. The third-order valence-electron chi connectivity index (χ3n) is 1.85. The standard InChI is InChI=1S/C9H7ClN4OS/c1-14-9(11-12-13-14)16-8(15)6-2-4-7(10)5-3-6/h2-5H,1H3. The predicted octanol–water partition coefficient (Wildman–Crippen LogP) is 1.80. The average Bonchev–Trinajstić information content (AvgIpc) is 2.65. The minimum Gasteiger partial charge on any atom is -0.281 e. The van der Waals surface area contributed by atoms with Crippen molar-refractivity contribution >= 4 is 28.5 Å². The molecule has 0 unspecified atom stereocenters. The summed E-state index contributed by atoms with van der Waals surface area (Å²) < 4.78 is 1.44. The molecule has 0 saturated carbocycles. The summed E-state index contributed by atoms with van der Waals surface area (Å²) in [5, 5.41) is 11.7. The first-order chi connectivity index (χ1) is 7.66. The maximum Gasteiger partial charge on any atom is 0.227 e. The van der Waals surface area contributed by atoms with Crippen molar-refractivity contribution in [3.8, 4) is 0 Å². The second-order valence-electron chi connectivity index (χ2n) is 2.98. The molecule has 1 aromatic heterocycles. The highest BCUT2D eigenvalue weighted by Gasteiger charge is 2.12. The van der Waals surface area contributed by atoms with Gasteiger partial charge in [-0.15, -0.1) is 5.10 Å². The summed E-state index contributed by atoms with van der Waals surface area (Å²) >= 11 is 6.71. The molecule has 0 fully saturated rings. The second-order valence-corrected chi connectivity index (χ2v) is 4.36. The smallest absolute Gasteiger partial charge is 0.227 e. The van der Waals surface area contributed by atoms with E-state index in [1.54, 1.807) is 31.3 Å². The Labute approximate surface area is 101 Å². The summed E-state index contributed by atoms with van der Waals surface area (Å²) in [5.41, 5.74) is 0.567. The van der Waals surface area contributed by atoms with Gasteiger partial charge in [0.05, 0.1) is 0 Å². The van der Waals surface area contributed by atoms with Gasteiger partial charge in [-0.2, -0.15) is 0 Å². The Morgan fingerprint density at radius 1 is 1.38 bits per heavy atom. The summed E-state index contributed by atoms with van der Waals surface area (Å²) in [4.78, 5) is 11.8. The zero-order valence-electron chi connectivity index (χ0n) is 8.29. The third-order valence-corrected chi connectivity index (χ3v) is 3.05. The minimum absolute atomic E-state index is 0.116. The number of tetrazole rings is 1. The molecule has 1 heterocycles. The van der Waals surface area contributed by atoms with Crippen LogP contribution in [0.1, 0.15) is 10.4 Å². The fraction of sp³-hybridized carbons (Fsp3) is 0.111. The maximum atomic E-state index is 11.8. The van der Waals surface area contributed by atoms with Gasteiger partial charge in [-0.1, -0.05) is 11.6 Å². The molecule has 2 rings (SSSR count). The zero-order valence-corrected chi connectivity index (χ0v) is 9.87. The van der Waals surface area contributed by atoms with Crippen molar-refractivity contribution in [2.45, 2.75) is 5.16 Å². The molecule has 5 nitrogen and oxygen atoms in total. The van der Waals surface area contributed by atoms with Gasteiger partial charge in [-0.3, -0.25) is 4.79 Å². The van der Waals surface area contributed by atoms with E-state index >= 15 is 0 Å². The van der Waals surface area contributed by atoms with Gasteiger partial charge in [0.25, 0.3) is 0 Å². The fourth-order valence-electron chi connectivity index (χ4n) is 1.04. The lowest BCUT2D eigenvalue weighted by Gasteiger charge is -1.99. The first-order valence-corrected chi connectivity index (χ1v) is 5.56. The van der Waals surface area contributed by atoms with Crippen molar-refractivity contribution in [2.75, 3.05) is 0 Å². The van der Waals surface area contributed by atoms with Crippen LogP contribution in [0.2, 0.25) is 5.02 Å². The molecule has 0 aliphatic rings. The molecule has 16 heavy (non-hydrogen) atoms. The lowest BCUT2D eigenvalue weighted by atomic mass is 10.2. The minimum atomic E-state index is -0.116. The molecule has 0 aliphatic carbocycles. The number of thioether (sulfide) groups is 1. The number of hydrogen-bond donors (Lipinski definition) is 0. The summed E-state index contributed by atoms with van der Waals surface area (Å²) in [6.07, 6.45) is 0. The molecule has 0 atom stereocenters. The van der Waals surface area contributed by atoms with Crippen molar-refractivity contribution < 1.29 is 4.79 Å². The van der Waals surface area contributed by atoms with Gasteiger partial charge in [0.1, 0.15) is 0 Å². The Morgan fingerprint density at radius 2 is 2.06 bits per heavy atom. The van der Waals surface area contributed by atoms with E-state index in [0.717, 1.165) is 11.8 Å². The lowest BCUT2D eigenvalue weighted by Crippen LogP contribution is -1.98. The number of aryl methyl sites for hydroxylation is 1. The van der Waals surface area contributed by atoms with Crippen LogP contribution >= 0.6 is 23.4 Å². The molecule has 0 aliphatic heterocycles. The van der Waals surface area contributed by atoms with E-state index in [2.05, 4.69) is 15.5 Å². The number of aromatic nitrogens is 4. The van der Waals surface area contributed by atoms with Crippen molar-refractivity contribution in [2.24, 2.45) is 7.05 Å². The van der Waals surface area contributed by atoms with Crippen LogP contribution < -0.4 is 0 Å². The largest absolute Gasteiger partial charge is 0.281 e. The van der Waals surface area contributed by atoms with Crippen LogP contribution in [0.25, 0.3) is 0 Å². The van der Waals surface area contributed by atoms with Crippen LogP contribution in [-0.2, 0) is 7.05 Å². The van der Waals surface area contributed by atoms with Crippen molar-refractivity contribution in [3.63, 3.8) is 0 Å². The normalized spacial score (nSPS) is 10.4. The first-order valence-electron chi connectivity index (χ1n) is 4.37. The quantitative estimate of drug-likeness (QED) is 0.765. The Hall–Kier alpha value is -1.40. The topological polar surface area (TPSA) is 60.7 Å². The number of hydrogen-bond acceptors (Lipinski definition) is 5. The van der Waals surface area contributed by atoms with Crippen LogP contribution in [0.5, 0.6) is 0 Å². The molecule has 0 bridgehead atoms. The van der Waals surface area contributed by atoms with E-state index in [9.17, 15) is 4.79 Å². The van der Waals surface area contributed by atoms with E-state index in [1.165, 1.54) is 4.68 Å². The van der Waals surface area contributed by atoms with E-state index in [4.69, 9.17) is 11.6 Å². The Bertz CT molecular complexity index is 510. The number of carbonyl (C=O) groups excluding carboxylic acids is 1. The van der Waals surface area contributed by atoms with Crippen LogP contribution in [0.15, 0.2) is 29.4 Å². The average molecular weight is 255 g/mol. The van der Waals surface area contributed by atoms with Gasteiger partial charge in [-0.05, 0) is 46.5 Å². The first kappa shape index (κ1) is 11.1. The summed E-state index contributed by atoms with van der Waals surface area (Å²) in [7, 11) is 1.68. The molecule has 0 saturated heterocycles. The molecule has 2 aromatic rings. The van der Waals surface area contributed by atoms with E-state index < -0.39 is 0 Å². The van der Waals surface area contributed by atoms with E-state index in [0.29, 0.717) is 15.7 Å². The molecule has 7 heteroatoms. The van der Waals surface area contributed by atoms with E-state index in [-0.39, 0.29) is 5.12 Å². The maximum absolute atomic E-state index is 11.8. The Morgan fingerprint density at radius 3 is 2.62 bits per heavy atom. The molecule has 1 aromatic carbocycles. The number of nitrogens with zero attached hydrogens (tertiary/aromatic N) is 4. The highest BCUT2D eigenvalue weighted by atomic mass is 35.5. The fourth-order valence-corrected chi connectivity index (χ4v) is 1.83. The number of halogens is 1. The third kappa shape index (κ3) is 2.40. The van der Waals surface area contributed by atoms with Crippen LogP contribution in [-0.4, -0.2) is 25.3 Å². The van der Waals surface area contributed by atoms with Crippen molar-refractivity contribution in [1.82, 2.24) is 20.2 Å². The molecule has 82 valence electrons. The Kier molecular flexibility index (Phi) is 3.21. The molecule has 0 amide bonds. The number of rotatable bonds is 2. The lowest BCUT2D eigenvalue weighted by molar-refractivity contribution is 0.108. The second kappa shape index (κ2) is 4.63. The molecule has 0 spiro atoms. The van der Waals surface area contributed by atoms with Gasteiger partial charge >= 0.3 is 0 Å². The van der Waals surface area contributed by atoms with Crippen LogP contribution in [0, 0.1) is 0 Å². The predicted molar refractivity (Wildman–Crippen MR) is 60.4 cm³/mol. The number of carbonyl (C=O) groups is 1. The van der Waals surface area contributed by atoms with E-state index in [1.807, 2.05) is 0 Å². The monoisotopic (exact) mass is 254 g/mol. The van der Waals surface area contributed by atoms with Crippen LogP contribution in [0.3, 0.4) is 0 Å². The summed E-state index contributed by atoms with van der Waals surface area (Å²) in [5.74, 6) is 0. The molecule has 0 radical (unpaired) electrons. The van der Waals surface area contributed by atoms with Gasteiger partial charge in [-0.25, -0.2) is 4.68 Å². The van der Waals surface area contributed by atoms with Gasteiger partial charge in [0.2, 0.25) is 10.3 Å². The SMILES string of the molecule is Cn1nnnc1SC(=O)c1ccc(Cl)cc1. The van der Waals surface area contributed by atoms with Gasteiger partial charge in [0.15, 0.2) is 0 Å². The van der Waals surface area contributed by atoms with Gasteiger partial charge < -0.3 is 0 Å².